The van der Waals surface area contributed by atoms with Crippen molar-refractivity contribution < 1.29 is 19.2 Å². The molecule has 3 aromatic rings. The third-order valence-corrected chi connectivity index (χ3v) is 4.25. The van der Waals surface area contributed by atoms with Gasteiger partial charge in [0.15, 0.2) is 12.4 Å². The number of amidine groups is 1. The van der Waals surface area contributed by atoms with Crippen molar-refractivity contribution in [3.05, 3.63) is 77.1 Å². The second kappa shape index (κ2) is 8.91. The largest absolute Gasteiger partial charge is 0.484 e. The normalized spacial score (nSPS) is 11.2. The lowest BCUT2D eigenvalue weighted by molar-refractivity contribution is -0.119. The number of aromatic nitrogens is 2. The average molecular weight is 407 g/mol. The zero-order valence-corrected chi connectivity index (χ0v) is 16.5. The second-order valence-corrected chi connectivity index (χ2v) is 6.43. The number of oxime groups is 1. The van der Waals surface area contributed by atoms with Crippen molar-refractivity contribution in [3.8, 4) is 11.4 Å². The van der Waals surface area contributed by atoms with Crippen LogP contribution in [-0.2, 0) is 9.63 Å². The number of benzene rings is 2. The Labute approximate surface area is 172 Å². The van der Waals surface area contributed by atoms with Crippen molar-refractivity contribution in [3.63, 3.8) is 0 Å². The first-order chi connectivity index (χ1) is 14.4. The summed E-state index contributed by atoms with van der Waals surface area (Å²) in [6, 6.07) is 15.9. The fraction of sp³-hybridized carbons (Fsp3) is 0.143. The number of hydrogen-bond donors (Lipinski definition) is 2. The van der Waals surface area contributed by atoms with Crippen molar-refractivity contribution in [1.82, 2.24) is 9.78 Å². The van der Waals surface area contributed by atoms with Crippen LogP contribution in [0.1, 0.15) is 27.3 Å². The molecule has 0 aliphatic heterocycles. The maximum atomic E-state index is 12.6. The summed E-state index contributed by atoms with van der Waals surface area (Å²) in [6.07, 6.45) is 0. The summed E-state index contributed by atoms with van der Waals surface area (Å²) in [7, 11) is 0. The number of primary amides is 1. The number of amides is 1. The third-order valence-electron chi connectivity index (χ3n) is 4.25. The molecule has 0 radical (unpaired) electrons. The lowest BCUT2D eigenvalue weighted by Crippen LogP contribution is -2.20. The van der Waals surface area contributed by atoms with Gasteiger partial charge >= 0.3 is 5.97 Å². The van der Waals surface area contributed by atoms with E-state index in [0.29, 0.717) is 28.3 Å². The molecule has 0 fully saturated rings. The highest BCUT2D eigenvalue weighted by Gasteiger charge is 2.21. The van der Waals surface area contributed by atoms with Crippen LogP contribution in [0.25, 0.3) is 5.69 Å². The van der Waals surface area contributed by atoms with Crippen LogP contribution in [0, 0.1) is 13.8 Å². The minimum absolute atomic E-state index is 0.00978. The van der Waals surface area contributed by atoms with Gasteiger partial charge in [0.05, 0.1) is 17.1 Å². The van der Waals surface area contributed by atoms with E-state index in [9.17, 15) is 9.59 Å². The topological polar surface area (TPSA) is 135 Å². The second-order valence-electron chi connectivity index (χ2n) is 6.43. The molecule has 2 aromatic carbocycles. The molecule has 0 spiro atoms. The van der Waals surface area contributed by atoms with Crippen molar-refractivity contribution in [2.24, 2.45) is 16.6 Å². The van der Waals surface area contributed by atoms with E-state index in [1.54, 1.807) is 42.8 Å². The first kappa shape index (κ1) is 20.6. The van der Waals surface area contributed by atoms with E-state index in [1.165, 1.54) is 0 Å². The third kappa shape index (κ3) is 4.64. The highest BCUT2D eigenvalue weighted by atomic mass is 16.7. The molecule has 0 saturated carbocycles. The van der Waals surface area contributed by atoms with Gasteiger partial charge in [-0.15, -0.1) is 0 Å². The molecule has 30 heavy (non-hydrogen) atoms. The Morgan fingerprint density at radius 2 is 1.70 bits per heavy atom. The number of nitrogens with two attached hydrogens (primary N) is 2. The van der Waals surface area contributed by atoms with E-state index in [4.69, 9.17) is 21.0 Å². The van der Waals surface area contributed by atoms with Crippen LogP contribution in [0.3, 0.4) is 0 Å². The quantitative estimate of drug-likeness (QED) is 0.265. The Morgan fingerprint density at radius 3 is 2.33 bits per heavy atom. The average Bonchev–Trinajstić information content (AvgIpc) is 3.05. The van der Waals surface area contributed by atoms with Gasteiger partial charge in [0.2, 0.25) is 0 Å². The van der Waals surface area contributed by atoms with Crippen LogP contribution in [0.15, 0.2) is 59.8 Å². The van der Waals surface area contributed by atoms with Gasteiger partial charge in [-0.3, -0.25) is 4.79 Å². The Hall–Kier alpha value is -4.14. The summed E-state index contributed by atoms with van der Waals surface area (Å²) in [4.78, 5) is 28.4. The maximum absolute atomic E-state index is 12.6. The summed E-state index contributed by atoms with van der Waals surface area (Å²) in [5.74, 6) is -0.776. The van der Waals surface area contributed by atoms with E-state index in [1.807, 2.05) is 30.3 Å². The minimum Gasteiger partial charge on any atom is -0.484 e. The van der Waals surface area contributed by atoms with E-state index in [0.717, 1.165) is 5.69 Å². The van der Waals surface area contributed by atoms with Gasteiger partial charge in [0.25, 0.3) is 5.91 Å². The highest BCUT2D eigenvalue weighted by Crippen LogP contribution is 2.19. The van der Waals surface area contributed by atoms with E-state index >= 15 is 0 Å². The van der Waals surface area contributed by atoms with Crippen molar-refractivity contribution in [1.29, 1.82) is 0 Å². The van der Waals surface area contributed by atoms with Gasteiger partial charge in [-0.05, 0) is 50.2 Å². The van der Waals surface area contributed by atoms with Crippen LogP contribution in [0.4, 0.5) is 0 Å². The van der Waals surface area contributed by atoms with Crippen LogP contribution in [-0.4, -0.2) is 34.1 Å². The Kier molecular flexibility index (Phi) is 6.11. The highest BCUT2D eigenvalue weighted by molar-refractivity contribution is 5.98. The molecule has 1 heterocycles. The molecule has 1 aromatic heterocycles. The SMILES string of the molecule is Cc1nn(-c2ccccc2)c(C)c1C(=O)O/N=C(\N)c1ccc(OCC(N)=O)cc1. The van der Waals surface area contributed by atoms with Crippen molar-refractivity contribution in [2.45, 2.75) is 13.8 Å². The monoisotopic (exact) mass is 407 g/mol. The zero-order chi connectivity index (χ0) is 21.7. The molecular weight excluding hydrogens is 386 g/mol. The van der Waals surface area contributed by atoms with Gasteiger partial charge in [-0.2, -0.15) is 5.10 Å². The lowest BCUT2D eigenvalue weighted by atomic mass is 10.2. The number of carbonyl (C=O) groups excluding carboxylic acids is 2. The first-order valence-corrected chi connectivity index (χ1v) is 9.05. The van der Waals surface area contributed by atoms with Gasteiger partial charge in [0, 0.05) is 5.56 Å². The van der Waals surface area contributed by atoms with Gasteiger partial charge in [-0.1, -0.05) is 23.4 Å². The number of para-hydroxylation sites is 1. The summed E-state index contributed by atoms with van der Waals surface area (Å²) < 4.78 is 6.84. The Balaban J connectivity index is 1.72. The standard InChI is InChI=1S/C21H21N5O4/c1-13-19(14(2)26(24-13)16-6-4-3-5-7-16)21(28)30-25-20(23)15-8-10-17(11-9-15)29-12-18(22)27/h3-11H,12H2,1-2H3,(H2,22,27)(H2,23,25). The Bertz CT molecular complexity index is 1090. The zero-order valence-electron chi connectivity index (χ0n) is 16.5. The molecule has 9 nitrogen and oxygen atoms in total. The molecule has 9 heteroatoms. The van der Waals surface area contributed by atoms with Crippen LogP contribution in [0.2, 0.25) is 0 Å². The Morgan fingerprint density at radius 1 is 1.03 bits per heavy atom. The van der Waals surface area contributed by atoms with Gasteiger partial charge in [0.1, 0.15) is 11.3 Å². The van der Waals surface area contributed by atoms with E-state index < -0.39 is 11.9 Å². The summed E-state index contributed by atoms with van der Waals surface area (Å²) >= 11 is 0. The number of nitrogens with zero attached hydrogens (tertiary/aromatic N) is 3. The van der Waals surface area contributed by atoms with E-state index in [-0.39, 0.29) is 12.4 Å². The molecule has 0 aliphatic carbocycles. The van der Waals surface area contributed by atoms with Gasteiger partial charge in [-0.25, -0.2) is 9.48 Å². The van der Waals surface area contributed by atoms with Crippen molar-refractivity contribution >= 4 is 17.7 Å². The fourth-order valence-corrected chi connectivity index (χ4v) is 2.82. The van der Waals surface area contributed by atoms with Crippen LogP contribution >= 0.6 is 0 Å². The molecule has 4 N–H and O–H groups in total. The summed E-state index contributed by atoms with van der Waals surface area (Å²) in [5, 5.41) is 8.15. The molecule has 1 amide bonds. The molecule has 154 valence electrons. The predicted molar refractivity (Wildman–Crippen MR) is 110 cm³/mol. The summed E-state index contributed by atoms with van der Waals surface area (Å²) in [6.45, 7) is 3.28. The number of aryl methyl sites for hydroxylation is 1. The smallest absolute Gasteiger partial charge is 0.369 e. The van der Waals surface area contributed by atoms with Gasteiger partial charge < -0.3 is 21.0 Å². The van der Waals surface area contributed by atoms with Crippen LogP contribution in [0.5, 0.6) is 5.75 Å². The predicted octanol–water partition coefficient (Wildman–Crippen LogP) is 1.83. The molecule has 3 rings (SSSR count). The first-order valence-electron chi connectivity index (χ1n) is 9.05. The molecule has 0 bridgehead atoms. The number of hydrogen-bond acceptors (Lipinski definition) is 6. The maximum Gasteiger partial charge on any atom is 0.369 e. The summed E-state index contributed by atoms with van der Waals surface area (Å²) in [5.41, 5.74) is 13.8. The molecule has 0 saturated heterocycles. The van der Waals surface area contributed by atoms with E-state index in [2.05, 4.69) is 10.3 Å². The molecule has 0 atom stereocenters. The number of rotatable bonds is 7. The molecule has 0 unspecified atom stereocenters. The molecular formula is C21H21N5O4. The lowest BCUT2D eigenvalue weighted by Gasteiger charge is -2.06. The van der Waals surface area contributed by atoms with Crippen LogP contribution < -0.4 is 16.2 Å². The van der Waals surface area contributed by atoms with Crippen molar-refractivity contribution in [2.75, 3.05) is 6.61 Å². The molecule has 0 aliphatic rings. The number of carbonyl (C=O) groups is 2. The minimum atomic E-state index is -0.656. The number of ether oxygens (including phenoxy) is 1. The fourth-order valence-electron chi connectivity index (χ4n) is 2.82.